The van der Waals surface area contributed by atoms with Gasteiger partial charge in [0.2, 0.25) is 0 Å². The summed E-state index contributed by atoms with van der Waals surface area (Å²) in [7, 11) is 0. The minimum atomic E-state index is 0.213. The van der Waals surface area contributed by atoms with Crippen molar-refractivity contribution in [2.45, 2.75) is 40.0 Å². The van der Waals surface area contributed by atoms with Crippen molar-refractivity contribution < 1.29 is 5.11 Å². The number of aliphatic hydroxyl groups is 1. The Kier molecular flexibility index (Phi) is 5.34. The van der Waals surface area contributed by atoms with Gasteiger partial charge in [-0.25, -0.2) is 9.97 Å². The Hall–Kier alpha value is -1.36. The van der Waals surface area contributed by atoms with Crippen LogP contribution in [0.5, 0.6) is 0 Å². The summed E-state index contributed by atoms with van der Waals surface area (Å²) in [6.07, 6.45) is 0.781. The zero-order valence-electron chi connectivity index (χ0n) is 11.7. The van der Waals surface area contributed by atoms with Crippen LogP contribution < -0.4 is 11.1 Å². The van der Waals surface area contributed by atoms with Crippen molar-refractivity contribution in [3.8, 4) is 0 Å². The molecular formula is C13H24N4O. The van der Waals surface area contributed by atoms with Gasteiger partial charge in [-0.3, -0.25) is 0 Å². The highest BCUT2D eigenvalue weighted by Crippen LogP contribution is 2.21. The van der Waals surface area contributed by atoms with Gasteiger partial charge in [-0.15, -0.1) is 0 Å². The zero-order valence-corrected chi connectivity index (χ0v) is 11.7. The van der Waals surface area contributed by atoms with Crippen LogP contribution in [0.25, 0.3) is 0 Å². The first-order valence-electron chi connectivity index (χ1n) is 6.44. The fraction of sp³-hybridized carbons (Fsp3) is 0.692. The molecule has 0 aliphatic rings. The molecule has 1 aromatic rings. The zero-order chi connectivity index (χ0) is 13.7. The van der Waals surface area contributed by atoms with Crippen LogP contribution in [0.3, 0.4) is 0 Å². The van der Waals surface area contributed by atoms with Gasteiger partial charge in [0.25, 0.3) is 0 Å². The second-order valence-electron chi connectivity index (χ2n) is 5.09. The normalized spacial score (nSPS) is 12.8. The molecule has 0 spiro atoms. The van der Waals surface area contributed by atoms with E-state index < -0.39 is 0 Å². The second kappa shape index (κ2) is 6.54. The first-order valence-corrected chi connectivity index (χ1v) is 6.44. The van der Waals surface area contributed by atoms with Crippen molar-refractivity contribution in [1.82, 2.24) is 9.97 Å². The highest BCUT2D eigenvalue weighted by molar-refractivity contribution is 5.54. The summed E-state index contributed by atoms with van der Waals surface area (Å²) in [6.45, 7) is 9.08. The number of aromatic nitrogens is 2. The molecule has 1 atom stereocenters. The van der Waals surface area contributed by atoms with Gasteiger partial charge < -0.3 is 16.2 Å². The lowest BCUT2D eigenvalue weighted by Gasteiger charge is -2.16. The first kappa shape index (κ1) is 14.7. The van der Waals surface area contributed by atoms with E-state index in [1.165, 1.54) is 0 Å². The Bertz CT molecular complexity index is 393. The summed E-state index contributed by atoms with van der Waals surface area (Å²) in [5.74, 6) is 2.74. The number of hydrogen-bond donors (Lipinski definition) is 3. The van der Waals surface area contributed by atoms with Gasteiger partial charge in [-0.2, -0.15) is 0 Å². The molecule has 1 aromatic heterocycles. The highest BCUT2D eigenvalue weighted by atomic mass is 16.3. The number of aliphatic hydroxyl groups excluding tert-OH is 1. The van der Waals surface area contributed by atoms with E-state index in [-0.39, 0.29) is 12.5 Å². The quantitative estimate of drug-likeness (QED) is 0.720. The molecule has 0 aliphatic heterocycles. The molecule has 0 aromatic carbocycles. The van der Waals surface area contributed by atoms with Crippen LogP contribution in [-0.2, 0) is 0 Å². The van der Waals surface area contributed by atoms with E-state index in [4.69, 9.17) is 10.8 Å². The van der Waals surface area contributed by atoms with Crippen molar-refractivity contribution in [1.29, 1.82) is 0 Å². The number of anilines is 2. The predicted molar refractivity (Wildman–Crippen MR) is 74.6 cm³/mol. The Morgan fingerprint density at radius 2 is 1.94 bits per heavy atom. The molecule has 5 heteroatoms. The maximum atomic E-state index is 8.88. The number of nitrogen functional groups attached to an aromatic ring is 1. The van der Waals surface area contributed by atoms with Crippen LogP contribution in [0.1, 0.15) is 44.5 Å². The van der Waals surface area contributed by atoms with Gasteiger partial charge >= 0.3 is 0 Å². The van der Waals surface area contributed by atoms with E-state index in [0.29, 0.717) is 11.7 Å². The molecule has 0 radical (unpaired) electrons. The SMILES string of the molecule is Cc1c(N)nc(C(C)C)nc1NCC(C)CCO. The van der Waals surface area contributed by atoms with E-state index >= 15 is 0 Å². The maximum Gasteiger partial charge on any atom is 0.135 e. The Morgan fingerprint density at radius 3 is 2.50 bits per heavy atom. The molecule has 0 amide bonds. The molecule has 0 saturated heterocycles. The fourth-order valence-electron chi connectivity index (χ4n) is 1.58. The summed E-state index contributed by atoms with van der Waals surface area (Å²) >= 11 is 0. The van der Waals surface area contributed by atoms with E-state index in [1.807, 2.05) is 20.8 Å². The minimum absolute atomic E-state index is 0.213. The average Bonchev–Trinajstić information content (AvgIpc) is 2.31. The smallest absolute Gasteiger partial charge is 0.135 e. The van der Waals surface area contributed by atoms with Gasteiger partial charge in [0, 0.05) is 24.6 Å². The summed E-state index contributed by atoms with van der Waals surface area (Å²) < 4.78 is 0. The number of rotatable bonds is 6. The molecular weight excluding hydrogens is 228 g/mol. The Balaban J connectivity index is 2.81. The lowest BCUT2D eigenvalue weighted by atomic mass is 10.1. The summed E-state index contributed by atoms with van der Waals surface area (Å²) in [5, 5.41) is 12.2. The van der Waals surface area contributed by atoms with Crippen molar-refractivity contribution in [3.05, 3.63) is 11.4 Å². The molecule has 0 aliphatic carbocycles. The predicted octanol–water partition coefficient (Wildman–Crippen LogP) is 1.92. The molecule has 0 fully saturated rings. The van der Waals surface area contributed by atoms with Gasteiger partial charge in [-0.1, -0.05) is 20.8 Å². The van der Waals surface area contributed by atoms with Crippen molar-refractivity contribution in [2.24, 2.45) is 5.92 Å². The molecule has 18 heavy (non-hydrogen) atoms. The van der Waals surface area contributed by atoms with Crippen LogP contribution in [0, 0.1) is 12.8 Å². The van der Waals surface area contributed by atoms with Gasteiger partial charge in [0.05, 0.1) is 0 Å². The molecule has 4 N–H and O–H groups in total. The lowest BCUT2D eigenvalue weighted by Crippen LogP contribution is -2.16. The average molecular weight is 252 g/mol. The van der Waals surface area contributed by atoms with E-state index in [1.54, 1.807) is 0 Å². The largest absolute Gasteiger partial charge is 0.396 e. The lowest BCUT2D eigenvalue weighted by molar-refractivity contribution is 0.266. The summed E-state index contributed by atoms with van der Waals surface area (Å²) in [5.41, 5.74) is 6.78. The third kappa shape index (κ3) is 3.84. The molecule has 102 valence electrons. The minimum Gasteiger partial charge on any atom is -0.396 e. The van der Waals surface area contributed by atoms with Crippen molar-refractivity contribution in [2.75, 3.05) is 24.2 Å². The van der Waals surface area contributed by atoms with E-state index in [0.717, 1.165) is 30.2 Å². The third-order valence-electron chi connectivity index (χ3n) is 2.96. The third-order valence-corrected chi connectivity index (χ3v) is 2.96. The summed E-state index contributed by atoms with van der Waals surface area (Å²) in [6, 6.07) is 0. The number of nitrogens with zero attached hydrogens (tertiary/aromatic N) is 2. The molecule has 1 rings (SSSR count). The Labute approximate surface area is 109 Å². The summed E-state index contributed by atoms with van der Waals surface area (Å²) in [4.78, 5) is 8.78. The number of hydrogen-bond acceptors (Lipinski definition) is 5. The van der Waals surface area contributed by atoms with Gasteiger partial charge in [0.15, 0.2) is 0 Å². The van der Waals surface area contributed by atoms with Crippen LogP contribution in [0.4, 0.5) is 11.6 Å². The molecule has 5 nitrogen and oxygen atoms in total. The van der Waals surface area contributed by atoms with Crippen LogP contribution in [-0.4, -0.2) is 28.2 Å². The van der Waals surface area contributed by atoms with Crippen molar-refractivity contribution >= 4 is 11.6 Å². The number of nitrogens with one attached hydrogen (secondary N) is 1. The van der Waals surface area contributed by atoms with E-state index in [2.05, 4.69) is 22.2 Å². The van der Waals surface area contributed by atoms with Crippen LogP contribution in [0.2, 0.25) is 0 Å². The van der Waals surface area contributed by atoms with Crippen LogP contribution >= 0.6 is 0 Å². The Morgan fingerprint density at radius 1 is 1.28 bits per heavy atom. The van der Waals surface area contributed by atoms with Gasteiger partial charge in [-0.05, 0) is 19.3 Å². The van der Waals surface area contributed by atoms with Gasteiger partial charge in [0.1, 0.15) is 17.5 Å². The standard InChI is InChI=1S/C13H24N4O/c1-8(2)12-16-11(14)10(4)13(17-12)15-7-9(3)5-6-18/h8-9,18H,5-7H2,1-4H3,(H3,14,15,16,17). The van der Waals surface area contributed by atoms with Crippen molar-refractivity contribution in [3.63, 3.8) is 0 Å². The number of nitrogens with two attached hydrogens (primary N) is 1. The second-order valence-corrected chi connectivity index (χ2v) is 5.09. The molecule has 1 unspecified atom stereocenters. The van der Waals surface area contributed by atoms with Crippen LogP contribution in [0.15, 0.2) is 0 Å². The molecule has 0 bridgehead atoms. The topological polar surface area (TPSA) is 84.1 Å². The molecule has 1 heterocycles. The maximum absolute atomic E-state index is 8.88. The first-order chi connectivity index (χ1) is 8.45. The fourth-order valence-corrected chi connectivity index (χ4v) is 1.58. The monoisotopic (exact) mass is 252 g/mol. The van der Waals surface area contributed by atoms with E-state index in [9.17, 15) is 0 Å². The molecule has 0 saturated carbocycles. The highest BCUT2D eigenvalue weighted by Gasteiger charge is 2.11.